The van der Waals surface area contributed by atoms with Gasteiger partial charge in [0.25, 0.3) is 0 Å². The molecule has 0 aromatic carbocycles. The fraction of sp³-hybridized carbons (Fsp3) is 0.842. The van der Waals surface area contributed by atoms with Gasteiger partial charge in [-0.1, -0.05) is 60.0 Å². The van der Waals surface area contributed by atoms with Crippen LogP contribution in [0.4, 0.5) is 0 Å². The lowest BCUT2D eigenvalue weighted by molar-refractivity contribution is -0.213. The molecule has 7 nitrogen and oxygen atoms in total. The minimum Gasteiger partial charge on any atom is -0.481 e. The molecule has 7 heteroatoms. The molecule has 45 heavy (non-hydrogen) atoms. The van der Waals surface area contributed by atoms with Gasteiger partial charge >= 0.3 is 17.9 Å². The van der Waals surface area contributed by atoms with Gasteiger partial charge in [0.1, 0.15) is 6.10 Å². The van der Waals surface area contributed by atoms with E-state index in [0.717, 1.165) is 51.4 Å². The molecule has 11 atom stereocenters. The van der Waals surface area contributed by atoms with E-state index in [0.29, 0.717) is 32.1 Å². The lowest BCUT2D eigenvalue weighted by atomic mass is 9.33. The number of aliphatic carboxylic acids is 2. The van der Waals surface area contributed by atoms with Crippen molar-refractivity contribution in [3.63, 3.8) is 0 Å². The molecule has 0 aliphatic heterocycles. The Balaban J connectivity index is 1.30. The second kappa shape index (κ2) is 10.4. The summed E-state index contributed by atoms with van der Waals surface area (Å²) >= 11 is 0. The second-order valence-electron chi connectivity index (χ2n) is 18.2. The van der Waals surface area contributed by atoms with Gasteiger partial charge < -0.3 is 14.9 Å². The average Bonchev–Trinajstić information content (AvgIpc) is 2.96. The number of hydrogen-bond acceptors (Lipinski definition) is 5. The number of ketones is 1. The molecular formula is C38H56O7. The first-order valence-electron chi connectivity index (χ1n) is 17.8. The van der Waals surface area contributed by atoms with Crippen molar-refractivity contribution in [1.29, 1.82) is 0 Å². The van der Waals surface area contributed by atoms with Crippen LogP contribution in [-0.4, -0.2) is 40.0 Å². The molecule has 5 saturated carbocycles. The maximum Gasteiger partial charge on any atom is 0.310 e. The minimum absolute atomic E-state index is 0.0206. The van der Waals surface area contributed by atoms with Crippen LogP contribution in [0.3, 0.4) is 0 Å². The van der Waals surface area contributed by atoms with Crippen LogP contribution in [0.25, 0.3) is 0 Å². The van der Waals surface area contributed by atoms with Crippen LogP contribution in [0.15, 0.2) is 11.6 Å². The van der Waals surface area contributed by atoms with Crippen molar-refractivity contribution in [2.75, 3.05) is 0 Å². The van der Waals surface area contributed by atoms with Gasteiger partial charge in [-0.3, -0.25) is 19.2 Å². The summed E-state index contributed by atoms with van der Waals surface area (Å²) in [6.07, 6.45) is 12.0. The summed E-state index contributed by atoms with van der Waals surface area (Å²) in [5, 5.41) is 20.0. The maximum atomic E-state index is 14.6. The summed E-state index contributed by atoms with van der Waals surface area (Å²) in [6, 6.07) is 0. The molecule has 0 saturated heterocycles. The number of ether oxygens (including phenoxy) is 1. The van der Waals surface area contributed by atoms with Crippen molar-refractivity contribution < 1.29 is 34.1 Å². The lowest BCUT2D eigenvalue weighted by Gasteiger charge is -2.70. The summed E-state index contributed by atoms with van der Waals surface area (Å²) in [5.74, 6) is -2.91. The van der Waals surface area contributed by atoms with Crippen molar-refractivity contribution >= 4 is 23.7 Å². The number of rotatable bonds is 4. The van der Waals surface area contributed by atoms with Crippen LogP contribution in [0.1, 0.15) is 132 Å². The minimum atomic E-state index is -0.903. The van der Waals surface area contributed by atoms with Crippen molar-refractivity contribution in [3.05, 3.63) is 11.6 Å². The molecular weight excluding hydrogens is 568 g/mol. The third-order valence-corrected chi connectivity index (χ3v) is 15.7. The van der Waals surface area contributed by atoms with Gasteiger partial charge in [0.15, 0.2) is 5.78 Å². The summed E-state index contributed by atoms with van der Waals surface area (Å²) in [4.78, 5) is 52.4. The number of allylic oxidation sites excluding steroid dienone is 2. The highest BCUT2D eigenvalue weighted by atomic mass is 16.5. The van der Waals surface area contributed by atoms with Crippen LogP contribution >= 0.6 is 0 Å². The standard InChI is InChI=1S/C38H56O7/c1-33(2)27-12-15-38(7)29(36(27,5)14-13-28(33)45-31(42)23-11-9-8-10-22(23)30(40)41)26(39)20-24-25-21-35(4,32(43)44)17-16-34(25,3)18-19-37(24,38)6/h20,22-23,25,27-29H,8-19,21H2,1-7H3,(H,40,41)(H,43,44)/t22-,23+,25?,27?,28+,29+,34?,35-,36?,37+,38?/m0/s1. The molecule has 250 valence electrons. The molecule has 6 aliphatic rings. The Labute approximate surface area is 269 Å². The molecule has 0 radical (unpaired) electrons. The molecule has 6 rings (SSSR count). The number of carboxylic acid groups (broad SMARTS) is 2. The van der Waals surface area contributed by atoms with E-state index in [9.17, 15) is 29.4 Å². The molecule has 0 aromatic rings. The number of esters is 1. The molecule has 6 aliphatic carbocycles. The van der Waals surface area contributed by atoms with E-state index in [-0.39, 0.29) is 62.7 Å². The highest BCUT2D eigenvalue weighted by Crippen LogP contribution is 2.75. The third-order valence-electron chi connectivity index (χ3n) is 15.7. The normalized spacial score (nSPS) is 48.9. The van der Waals surface area contributed by atoms with E-state index in [1.54, 1.807) is 0 Å². The molecule has 0 amide bonds. The topological polar surface area (TPSA) is 118 Å². The molecule has 2 N–H and O–H groups in total. The van der Waals surface area contributed by atoms with E-state index in [1.165, 1.54) is 5.57 Å². The second-order valence-corrected chi connectivity index (χ2v) is 18.2. The van der Waals surface area contributed by atoms with Crippen LogP contribution in [-0.2, 0) is 23.9 Å². The summed E-state index contributed by atoms with van der Waals surface area (Å²) < 4.78 is 6.28. The number of hydrogen-bond donors (Lipinski definition) is 2. The molecule has 0 bridgehead atoms. The van der Waals surface area contributed by atoms with E-state index >= 15 is 0 Å². The van der Waals surface area contributed by atoms with Gasteiger partial charge in [-0.15, -0.1) is 0 Å². The average molecular weight is 625 g/mol. The monoisotopic (exact) mass is 624 g/mol. The van der Waals surface area contributed by atoms with E-state index in [4.69, 9.17) is 4.74 Å². The van der Waals surface area contributed by atoms with Crippen LogP contribution < -0.4 is 0 Å². The first-order chi connectivity index (χ1) is 20.8. The largest absolute Gasteiger partial charge is 0.481 e. The third kappa shape index (κ3) is 4.54. The van der Waals surface area contributed by atoms with Gasteiger partial charge in [0, 0.05) is 11.3 Å². The highest BCUT2D eigenvalue weighted by Gasteiger charge is 2.70. The van der Waals surface area contributed by atoms with Crippen molar-refractivity contribution in [3.8, 4) is 0 Å². The van der Waals surface area contributed by atoms with Crippen LogP contribution in [0.5, 0.6) is 0 Å². The SMILES string of the molecule is CC12CC[C@](C)(C(=O)O)CC1C1=CC(=O)[C@@H]3C4(C)CC[C@@H](OC(=O)[C@@H]5CCCC[C@@H]5C(=O)O)C(C)(C)C4CCC3(C)[C@]1(C)CC2. The summed E-state index contributed by atoms with van der Waals surface area (Å²) in [5.41, 5.74) is -0.576. The number of carbonyl (C=O) groups is 4. The van der Waals surface area contributed by atoms with Gasteiger partial charge in [-0.25, -0.2) is 0 Å². The molecule has 5 fully saturated rings. The predicted octanol–water partition coefficient (Wildman–Crippen LogP) is 7.85. The zero-order valence-corrected chi connectivity index (χ0v) is 28.7. The van der Waals surface area contributed by atoms with E-state index in [1.807, 2.05) is 13.0 Å². The van der Waals surface area contributed by atoms with Crippen LogP contribution in [0, 0.1) is 62.1 Å². The Hall–Kier alpha value is -2.18. The van der Waals surface area contributed by atoms with Gasteiger partial charge in [-0.2, -0.15) is 0 Å². The fourth-order valence-electron chi connectivity index (χ4n) is 12.5. The molecule has 5 unspecified atom stereocenters. The zero-order valence-electron chi connectivity index (χ0n) is 28.7. The first kappa shape index (κ1) is 32.7. The highest BCUT2D eigenvalue weighted by molar-refractivity contribution is 5.95. The zero-order chi connectivity index (χ0) is 33.0. The Morgan fingerprint density at radius 1 is 0.800 bits per heavy atom. The van der Waals surface area contributed by atoms with Gasteiger partial charge in [0.2, 0.25) is 0 Å². The van der Waals surface area contributed by atoms with E-state index < -0.39 is 29.2 Å². The Kier molecular flexibility index (Phi) is 7.58. The van der Waals surface area contributed by atoms with Gasteiger partial charge in [-0.05, 0) is 117 Å². The lowest BCUT2D eigenvalue weighted by Crippen LogP contribution is -2.66. The van der Waals surface area contributed by atoms with Crippen molar-refractivity contribution in [2.24, 2.45) is 62.1 Å². The quantitative estimate of drug-likeness (QED) is 0.306. The molecule has 0 heterocycles. The van der Waals surface area contributed by atoms with E-state index in [2.05, 4.69) is 41.5 Å². The predicted molar refractivity (Wildman–Crippen MR) is 170 cm³/mol. The first-order valence-corrected chi connectivity index (χ1v) is 17.8. The fourth-order valence-corrected chi connectivity index (χ4v) is 12.5. The van der Waals surface area contributed by atoms with Crippen molar-refractivity contribution in [1.82, 2.24) is 0 Å². The molecule has 0 aromatic heterocycles. The summed E-state index contributed by atoms with van der Waals surface area (Å²) in [7, 11) is 0. The molecule has 0 spiro atoms. The smallest absolute Gasteiger partial charge is 0.310 e. The number of carboxylic acids is 2. The maximum absolute atomic E-state index is 14.6. The van der Waals surface area contributed by atoms with Crippen molar-refractivity contribution in [2.45, 2.75) is 138 Å². The Morgan fingerprint density at radius 3 is 2.09 bits per heavy atom. The van der Waals surface area contributed by atoms with Gasteiger partial charge in [0.05, 0.1) is 17.3 Å². The summed E-state index contributed by atoms with van der Waals surface area (Å²) in [6.45, 7) is 15.7. The number of carbonyl (C=O) groups excluding carboxylic acids is 2. The Morgan fingerprint density at radius 2 is 1.44 bits per heavy atom. The number of fused-ring (bicyclic) bond motifs is 7. The van der Waals surface area contributed by atoms with Crippen LogP contribution in [0.2, 0.25) is 0 Å². The Bertz CT molecular complexity index is 1330.